The van der Waals surface area contributed by atoms with Gasteiger partial charge in [-0.1, -0.05) is 18.2 Å². The maximum Gasteiger partial charge on any atom is 0.307 e. The van der Waals surface area contributed by atoms with Gasteiger partial charge in [-0.05, 0) is 31.9 Å². The van der Waals surface area contributed by atoms with Crippen LogP contribution in [0.5, 0.6) is 0 Å². The zero-order valence-electron chi connectivity index (χ0n) is 14.0. The third-order valence-corrected chi connectivity index (χ3v) is 5.18. The Kier molecular flexibility index (Phi) is 4.87. The second kappa shape index (κ2) is 6.89. The number of carbonyl (C=O) groups is 1. The maximum absolute atomic E-state index is 11.2. The molecule has 5 nitrogen and oxygen atoms in total. The molecule has 5 heteroatoms. The molecule has 0 spiro atoms. The summed E-state index contributed by atoms with van der Waals surface area (Å²) in [7, 11) is 0. The zero-order valence-corrected chi connectivity index (χ0v) is 14.0. The molecule has 0 aliphatic carbocycles. The molecule has 0 aromatic heterocycles. The Morgan fingerprint density at radius 3 is 2.52 bits per heavy atom. The number of carboxylic acids is 1. The van der Waals surface area contributed by atoms with Gasteiger partial charge in [-0.15, -0.1) is 0 Å². The van der Waals surface area contributed by atoms with E-state index in [2.05, 4.69) is 53.2 Å². The van der Waals surface area contributed by atoms with Crippen molar-refractivity contribution in [3.8, 4) is 0 Å². The number of benzene rings is 1. The fourth-order valence-electron chi connectivity index (χ4n) is 3.71. The number of para-hydroxylation sites is 1. The Labute approximate surface area is 138 Å². The first-order valence-electron chi connectivity index (χ1n) is 8.60. The van der Waals surface area contributed by atoms with Gasteiger partial charge in [0.05, 0.1) is 5.92 Å². The molecule has 3 rings (SSSR count). The van der Waals surface area contributed by atoms with E-state index in [4.69, 9.17) is 0 Å². The van der Waals surface area contributed by atoms with Crippen molar-refractivity contribution in [3.05, 3.63) is 29.8 Å². The minimum atomic E-state index is -0.692. The van der Waals surface area contributed by atoms with E-state index in [1.807, 2.05) is 0 Å². The number of anilines is 1. The van der Waals surface area contributed by atoms with Crippen LogP contribution in [0.1, 0.15) is 31.9 Å². The molecular weight excluding hydrogens is 290 g/mol. The first-order chi connectivity index (χ1) is 11.1. The molecular formula is C18H27N3O2. The van der Waals surface area contributed by atoms with Crippen molar-refractivity contribution in [2.24, 2.45) is 5.92 Å². The van der Waals surface area contributed by atoms with E-state index >= 15 is 0 Å². The lowest BCUT2D eigenvalue weighted by Gasteiger charge is -2.39. The molecule has 2 unspecified atom stereocenters. The highest BCUT2D eigenvalue weighted by molar-refractivity contribution is 5.71. The molecule has 2 atom stereocenters. The van der Waals surface area contributed by atoms with Gasteiger partial charge in [0.2, 0.25) is 0 Å². The maximum atomic E-state index is 11.2. The molecule has 2 N–H and O–H groups in total. The summed E-state index contributed by atoms with van der Waals surface area (Å²) < 4.78 is 0. The third-order valence-electron chi connectivity index (χ3n) is 5.18. The van der Waals surface area contributed by atoms with Gasteiger partial charge in [0.25, 0.3) is 0 Å². The quantitative estimate of drug-likeness (QED) is 0.889. The van der Waals surface area contributed by atoms with Gasteiger partial charge >= 0.3 is 5.97 Å². The van der Waals surface area contributed by atoms with Crippen LogP contribution in [0.15, 0.2) is 24.3 Å². The van der Waals surface area contributed by atoms with Crippen LogP contribution in [0.25, 0.3) is 0 Å². The van der Waals surface area contributed by atoms with Crippen LogP contribution in [-0.4, -0.2) is 54.7 Å². The van der Waals surface area contributed by atoms with Crippen molar-refractivity contribution >= 4 is 11.7 Å². The summed E-state index contributed by atoms with van der Waals surface area (Å²) in [4.78, 5) is 16.2. The van der Waals surface area contributed by atoms with Crippen molar-refractivity contribution in [3.63, 3.8) is 0 Å². The summed E-state index contributed by atoms with van der Waals surface area (Å²) in [5.41, 5.74) is 2.51. The predicted octanol–water partition coefficient (Wildman–Crippen LogP) is 1.95. The number of rotatable bonds is 4. The summed E-state index contributed by atoms with van der Waals surface area (Å²) in [6.07, 6.45) is 0.679. The number of hydrogen-bond donors (Lipinski definition) is 2. The van der Waals surface area contributed by atoms with Crippen LogP contribution in [0.3, 0.4) is 0 Å². The summed E-state index contributed by atoms with van der Waals surface area (Å²) in [6, 6.07) is 9.20. The van der Waals surface area contributed by atoms with E-state index < -0.39 is 5.97 Å². The molecule has 2 aliphatic heterocycles. The highest BCUT2D eigenvalue weighted by Gasteiger charge is 2.32. The van der Waals surface area contributed by atoms with Crippen molar-refractivity contribution in [1.29, 1.82) is 0 Å². The molecule has 2 saturated heterocycles. The van der Waals surface area contributed by atoms with Crippen molar-refractivity contribution in [2.45, 2.75) is 32.4 Å². The first-order valence-corrected chi connectivity index (χ1v) is 8.60. The normalized spacial score (nSPS) is 26.0. The molecule has 0 bridgehead atoms. The topological polar surface area (TPSA) is 55.8 Å². The minimum absolute atomic E-state index is 0.149. The monoisotopic (exact) mass is 317 g/mol. The zero-order chi connectivity index (χ0) is 16.4. The second-order valence-corrected chi connectivity index (χ2v) is 6.91. The number of hydrogen-bond acceptors (Lipinski definition) is 4. The number of carboxylic acid groups (broad SMARTS) is 1. The molecule has 1 aromatic carbocycles. The van der Waals surface area contributed by atoms with E-state index in [9.17, 15) is 9.90 Å². The Morgan fingerprint density at radius 1 is 1.22 bits per heavy atom. The lowest BCUT2D eigenvalue weighted by Crippen LogP contribution is -2.49. The Hall–Kier alpha value is -1.59. The van der Waals surface area contributed by atoms with E-state index in [-0.39, 0.29) is 12.0 Å². The number of aliphatic carboxylic acids is 1. The number of nitrogens with one attached hydrogen (secondary N) is 1. The lowest BCUT2D eigenvalue weighted by atomic mass is 9.98. The third kappa shape index (κ3) is 3.51. The Morgan fingerprint density at radius 2 is 1.91 bits per heavy atom. The van der Waals surface area contributed by atoms with Gasteiger partial charge in [0, 0.05) is 50.5 Å². The fourth-order valence-corrected chi connectivity index (χ4v) is 3.71. The smallest absolute Gasteiger partial charge is 0.307 e. The van der Waals surface area contributed by atoms with Crippen LogP contribution in [0.4, 0.5) is 5.69 Å². The second-order valence-electron chi connectivity index (χ2n) is 6.91. The molecule has 126 valence electrons. The van der Waals surface area contributed by atoms with Crippen LogP contribution >= 0.6 is 0 Å². The molecule has 0 amide bonds. The van der Waals surface area contributed by atoms with Gasteiger partial charge in [-0.2, -0.15) is 0 Å². The Bertz CT molecular complexity index is 553. The van der Waals surface area contributed by atoms with Gasteiger partial charge in [0.15, 0.2) is 0 Å². The summed E-state index contributed by atoms with van der Waals surface area (Å²) in [6.45, 7) is 9.30. The molecule has 2 fully saturated rings. The molecule has 0 saturated carbocycles. The van der Waals surface area contributed by atoms with Gasteiger partial charge in [-0.3, -0.25) is 9.69 Å². The summed E-state index contributed by atoms with van der Waals surface area (Å²) >= 11 is 0. The van der Waals surface area contributed by atoms with Gasteiger partial charge in [-0.25, -0.2) is 0 Å². The summed E-state index contributed by atoms with van der Waals surface area (Å²) in [5, 5.41) is 12.6. The molecule has 1 aromatic rings. The molecule has 0 radical (unpaired) electrons. The Balaban J connectivity index is 1.73. The van der Waals surface area contributed by atoms with Crippen LogP contribution < -0.4 is 10.2 Å². The average Bonchev–Trinajstić information content (AvgIpc) is 3.05. The lowest BCUT2D eigenvalue weighted by molar-refractivity contribution is -0.141. The van der Waals surface area contributed by atoms with E-state index in [0.29, 0.717) is 19.0 Å². The van der Waals surface area contributed by atoms with Gasteiger partial charge in [0.1, 0.15) is 0 Å². The predicted molar refractivity (Wildman–Crippen MR) is 91.9 cm³/mol. The highest BCUT2D eigenvalue weighted by Crippen LogP contribution is 2.34. The fraction of sp³-hybridized carbons (Fsp3) is 0.611. The minimum Gasteiger partial charge on any atom is -0.481 e. The molecule has 2 aliphatic rings. The van der Waals surface area contributed by atoms with Crippen molar-refractivity contribution < 1.29 is 9.90 Å². The number of piperazine rings is 1. The van der Waals surface area contributed by atoms with Crippen molar-refractivity contribution in [2.75, 3.05) is 37.6 Å². The number of nitrogens with zero attached hydrogens (tertiary/aromatic N) is 2. The van der Waals surface area contributed by atoms with Crippen molar-refractivity contribution in [1.82, 2.24) is 10.2 Å². The summed E-state index contributed by atoms with van der Waals surface area (Å²) in [5.74, 6) is -0.964. The van der Waals surface area contributed by atoms with Crippen LogP contribution in [0.2, 0.25) is 0 Å². The average molecular weight is 317 g/mol. The molecule has 2 heterocycles. The van der Waals surface area contributed by atoms with E-state index in [1.165, 1.54) is 11.3 Å². The molecule has 23 heavy (non-hydrogen) atoms. The van der Waals surface area contributed by atoms with Crippen LogP contribution in [0, 0.1) is 5.92 Å². The van der Waals surface area contributed by atoms with E-state index in [1.54, 1.807) is 0 Å². The van der Waals surface area contributed by atoms with Crippen LogP contribution in [-0.2, 0) is 4.79 Å². The highest BCUT2D eigenvalue weighted by atomic mass is 16.4. The SMILES string of the molecule is CC(C)N1CCN(c2ccccc2C2CC(C(=O)O)CN2)CC1. The van der Waals surface area contributed by atoms with Gasteiger partial charge < -0.3 is 15.3 Å². The standard InChI is InChI=1S/C18H27N3O2/c1-13(2)20-7-9-21(10-8-20)17-6-4-3-5-15(17)16-11-14(12-19-16)18(22)23/h3-6,13-14,16,19H,7-12H2,1-2H3,(H,22,23). The first kappa shape index (κ1) is 16.3. The van der Waals surface area contributed by atoms with E-state index in [0.717, 1.165) is 26.2 Å². The largest absolute Gasteiger partial charge is 0.481 e.